The number of guanidine groups is 1. The molecule has 0 aromatic heterocycles. The van der Waals surface area contributed by atoms with Crippen molar-refractivity contribution in [3.05, 3.63) is 28.7 Å². The van der Waals surface area contributed by atoms with Crippen molar-refractivity contribution in [1.29, 1.82) is 0 Å². The largest absolute Gasteiger partial charge is 0.369 e. The van der Waals surface area contributed by atoms with Crippen LogP contribution in [-0.4, -0.2) is 42.1 Å². The van der Waals surface area contributed by atoms with Crippen LogP contribution >= 0.6 is 15.9 Å². The van der Waals surface area contributed by atoms with Crippen LogP contribution in [0, 0.1) is 0 Å². The Bertz CT molecular complexity index is 542. The first kappa shape index (κ1) is 13.9. The van der Waals surface area contributed by atoms with Crippen molar-refractivity contribution < 1.29 is 0 Å². The Morgan fingerprint density at radius 2 is 2.20 bits per heavy atom. The Kier molecular flexibility index (Phi) is 3.50. The van der Waals surface area contributed by atoms with Crippen LogP contribution in [0.1, 0.15) is 20.3 Å². The van der Waals surface area contributed by atoms with Crippen LogP contribution in [0.3, 0.4) is 0 Å². The van der Waals surface area contributed by atoms with Crippen LogP contribution in [-0.2, 0) is 0 Å². The Morgan fingerprint density at radius 1 is 1.40 bits per heavy atom. The average Bonchev–Trinajstić information content (AvgIpc) is 2.95. The van der Waals surface area contributed by atoms with Gasteiger partial charge in [0.15, 0.2) is 5.96 Å². The van der Waals surface area contributed by atoms with Gasteiger partial charge in [-0.25, -0.2) is 0 Å². The molecule has 0 bridgehead atoms. The number of aliphatic imine (C=N–C) groups is 1. The fourth-order valence-electron chi connectivity index (χ4n) is 3.27. The molecule has 1 atom stereocenters. The summed E-state index contributed by atoms with van der Waals surface area (Å²) in [7, 11) is 0. The smallest absolute Gasteiger partial charge is 0.196 e. The minimum atomic E-state index is 0.0369. The maximum absolute atomic E-state index is 6.18. The first-order valence-electron chi connectivity index (χ1n) is 7.12. The van der Waals surface area contributed by atoms with Gasteiger partial charge in [0.1, 0.15) is 0 Å². The highest BCUT2D eigenvalue weighted by atomic mass is 79.9. The van der Waals surface area contributed by atoms with Crippen molar-refractivity contribution in [2.45, 2.75) is 31.8 Å². The zero-order valence-electron chi connectivity index (χ0n) is 12.0. The lowest BCUT2D eigenvalue weighted by molar-refractivity contribution is 0.260. The average molecular weight is 337 g/mol. The number of likely N-dealkylation sites (tertiary alicyclic amines) is 1. The van der Waals surface area contributed by atoms with Gasteiger partial charge in [-0.05, 0) is 38.5 Å². The van der Waals surface area contributed by atoms with E-state index in [-0.39, 0.29) is 5.54 Å². The van der Waals surface area contributed by atoms with E-state index in [4.69, 9.17) is 5.73 Å². The van der Waals surface area contributed by atoms with Crippen LogP contribution in [0.5, 0.6) is 0 Å². The Balaban J connectivity index is 1.93. The summed E-state index contributed by atoms with van der Waals surface area (Å²) >= 11 is 3.54. The maximum atomic E-state index is 6.18. The van der Waals surface area contributed by atoms with Crippen LogP contribution in [0.15, 0.2) is 33.7 Å². The van der Waals surface area contributed by atoms with Crippen LogP contribution in [0.4, 0.5) is 5.69 Å². The molecule has 0 radical (unpaired) electrons. The quantitative estimate of drug-likeness (QED) is 0.902. The first-order chi connectivity index (χ1) is 9.52. The third kappa shape index (κ3) is 2.23. The van der Waals surface area contributed by atoms with Gasteiger partial charge in [-0.2, -0.15) is 0 Å². The van der Waals surface area contributed by atoms with E-state index in [1.807, 2.05) is 12.1 Å². The second-order valence-electron chi connectivity index (χ2n) is 6.03. The Hall–Kier alpha value is -1.07. The summed E-state index contributed by atoms with van der Waals surface area (Å²) in [4.78, 5) is 9.28. The van der Waals surface area contributed by atoms with Gasteiger partial charge in [-0.3, -0.25) is 9.89 Å². The standard InChI is InChI=1S/C15H21BrN4/c1-11(2)19-7-6-15(10-19)9-18-14(17)20(15)13-5-3-4-12(16)8-13/h3-5,8,11H,6-7,9-10H2,1-2H3,(H2,17,18). The molecule has 0 amide bonds. The van der Waals surface area contributed by atoms with E-state index >= 15 is 0 Å². The van der Waals surface area contributed by atoms with Crippen molar-refractivity contribution >= 4 is 27.6 Å². The van der Waals surface area contributed by atoms with Crippen molar-refractivity contribution in [3.8, 4) is 0 Å². The molecule has 0 saturated carbocycles. The molecule has 1 aromatic rings. The molecule has 1 saturated heterocycles. The number of halogens is 1. The fourth-order valence-corrected chi connectivity index (χ4v) is 3.66. The highest BCUT2D eigenvalue weighted by molar-refractivity contribution is 9.10. The molecule has 1 unspecified atom stereocenters. The zero-order chi connectivity index (χ0) is 14.3. The first-order valence-corrected chi connectivity index (χ1v) is 7.91. The van der Waals surface area contributed by atoms with Gasteiger partial charge >= 0.3 is 0 Å². The highest BCUT2D eigenvalue weighted by Gasteiger charge is 2.48. The van der Waals surface area contributed by atoms with E-state index in [0.717, 1.165) is 36.2 Å². The number of nitrogens with two attached hydrogens (primary N) is 1. The van der Waals surface area contributed by atoms with Gasteiger partial charge in [0.25, 0.3) is 0 Å². The van der Waals surface area contributed by atoms with E-state index in [9.17, 15) is 0 Å². The lowest BCUT2D eigenvalue weighted by atomic mass is 9.97. The molecule has 2 N–H and O–H groups in total. The van der Waals surface area contributed by atoms with E-state index in [0.29, 0.717) is 12.0 Å². The summed E-state index contributed by atoms with van der Waals surface area (Å²) in [6.07, 6.45) is 1.11. The van der Waals surface area contributed by atoms with E-state index < -0.39 is 0 Å². The highest BCUT2D eigenvalue weighted by Crippen LogP contribution is 2.37. The number of rotatable bonds is 2. The molecule has 1 fully saturated rings. The predicted molar refractivity (Wildman–Crippen MR) is 87.2 cm³/mol. The summed E-state index contributed by atoms with van der Waals surface area (Å²) in [6, 6.07) is 8.88. The topological polar surface area (TPSA) is 44.9 Å². The van der Waals surface area contributed by atoms with Gasteiger partial charge in [0, 0.05) is 29.3 Å². The lowest BCUT2D eigenvalue weighted by Gasteiger charge is -2.36. The summed E-state index contributed by atoms with van der Waals surface area (Å²) in [5, 5.41) is 0. The van der Waals surface area contributed by atoms with E-state index in [2.05, 4.69) is 56.7 Å². The summed E-state index contributed by atoms with van der Waals surface area (Å²) in [6.45, 7) is 7.45. The molecule has 0 aliphatic carbocycles. The summed E-state index contributed by atoms with van der Waals surface area (Å²) in [5.74, 6) is 0.647. The monoisotopic (exact) mass is 336 g/mol. The van der Waals surface area contributed by atoms with Crippen molar-refractivity contribution in [1.82, 2.24) is 4.90 Å². The molecule has 4 nitrogen and oxygen atoms in total. The molecule has 3 rings (SSSR count). The minimum Gasteiger partial charge on any atom is -0.369 e. The minimum absolute atomic E-state index is 0.0369. The molecule has 2 aliphatic rings. The summed E-state index contributed by atoms with van der Waals surface area (Å²) < 4.78 is 1.07. The molecular weight excluding hydrogens is 316 g/mol. The molecule has 1 spiro atoms. The van der Waals surface area contributed by atoms with Gasteiger partial charge < -0.3 is 10.6 Å². The van der Waals surface area contributed by atoms with Gasteiger partial charge in [0.2, 0.25) is 0 Å². The molecule has 2 heterocycles. The second-order valence-corrected chi connectivity index (χ2v) is 6.94. The molecular formula is C15H21BrN4. The molecule has 1 aromatic carbocycles. The fraction of sp³-hybridized carbons (Fsp3) is 0.533. The zero-order valence-corrected chi connectivity index (χ0v) is 13.6. The van der Waals surface area contributed by atoms with Gasteiger partial charge in [0.05, 0.1) is 12.1 Å². The maximum Gasteiger partial charge on any atom is 0.196 e. The van der Waals surface area contributed by atoms with Crippen molar-refractivity contribution in [2.24, 2.45) is 10.7 Å². The Labute approximate surface area is 128 Å². The molecule has 108 valence electrons. The third-order valence-electron chi connectivity index (χ3n) is 4.40. The van der Waals surface area contributed by atoms with Crippen LogP contribution in [0.2, 0.25) is 0 Å². The van der Waals surface area contributed by atoms with E-state index in [1.165, 1.54) is 0 Å². The van der Waals surface area contributed by atoms with Gasteiger partial charge in [-0.1, -0.05) is 22.0 Å². The number of hydrogen-bond acceptors (Lipinski definition) is 4. The predicted octanol–water partition coefficient (Wildman–Crippen LogP) is 2.44. The molecule has 2 aliphatic heterocycles. The molecule has 5 heteroatoms. The van der Waals surface area contributed by atoms with Crippen molar-refractivity contribution in [3.63, 3.8) is 0 Å². The summed E-state index contributed by atoms with van der Waals surface area (Å²) in [5.41, 5.74) is 7.34. The van der Waals surface area contributed by atoms with Crippen LogP contribution in [0.25, 0.3) is 0 Å². The van der Waals surface area contributed by atoms with E-state index in [1.54, 1.807) is 0 Å². The number of nitrogens with zero attached hydrogens (tertiary/aromatic N) is 3. The SMILES string of the molecule is CC(C)N1CCC2(CN=C(N)N2c2cccc(Br)c2)C1. The van der Waals surface area contributed by atoms with Crippen LogP contribution < -0.4 is 10.6 Å². The normalized spacial score (nSPS) is 26.8. The third-order valence-corrected chi connectivity index (χ3v) is 4.89. The molecule has 20 heavy (non-hydrogen) atoms. The number of benzene rings is 1. The number of hydrogen-bond donors (Lipinski definition) is 1. The second kappa shape index (κ2) is 5.04. The van der Waals surface area contributed by atoms with Crippen molar-refractivity contribution in [2.75, 3.05) is 24.5 Å². The Morgan fingerprint density at radius 3 is 2.85 bits per heavy atom. The van der Waals surface area contributed by atoms with Gasteiger partial charge in [-0.15, -0.1) is 0 Å². The lowest BCUT2D eigenvalue weighted by Crippen LogP contribution is -2.54. The number of anilines is 1.